The van der Waals surface area contributed by atoms with E-state index in [4.69, 9.17) is 0 Å². The van der Waals surface area contributed by atoms with Crippen molar-refractivity contribution in [2.45, 2.75) is 37.9 Å². The van der Waals surface area contributed by atoms with Gasteiger partial charge in [-0.25, -0.2) is 4.98 Å². The summed E-state index contributed by atoms with van der Waals surface area (Å²) in [7, 11) is 0. The number of carbonyl (C=O) groups excluding carboxylic acids is 1. The van der Waals surface area contributed by atoms with Crippen LogP contribution in [0.3, 0.4) is 0 Å². The summed E-state index contributed by atoms with van der Waals surface area (Å²) in [6.45, 7) is 0.920. The van der Waals surface area contributed by atoms with Crippen molar-refractivity contribution in [1.29, 1.82) is 0 Å². The summed E-state index contributed by atoms with van der Waals surface area (Å²) >= 11 is 0. The van der Waals surface area contributed by atoms with Crippen LogP contribution in [0.15, 0.2) is 18.7 Å². The monoisotopic (exact) mass is 272 g/mol. The van der Waals surface area contributed by atoms with Crippen molar-refractivity contribution in [3.05, 3.63) is 30.0 Å². The molecule has 0 aliphatic carbocycles. The highest BCUT2D eigenvalue weighted by molar-refractivity contribution is 5.85. The lowest BCUT2D eigenvalue weighted by Gasteiger charge is -2.24. The molecule has 4 heterocycles. The number of hydrogen-bond acceptors (Lipinski definition) is 4. The Morgan fingerprint density at radius 1 is 1.40 bits per heavy atom. The Labute approximate surface area is 115 Å². The van der Waals surface area contributed by atoms with Crippen molar-refractivity contribution in [3.8, 4) is 0 Å². The van der Waals surface area contributed by atoms with E-state index in [9.17, 15) is 4.79 Å². The van der Waals surface area contributed by atoms with Crippen molar-refractivity contribution in [2.75, 3.05) is 5.32 Å². The Balaban J connectivity index is 1.45. The second-order valence-corrected chi connectivity index (χ2v) is 5.37. The van der Waals surface area contributed by atoms with Crippen LogP contribution in [0.2, 0.25) is 0 Å². The molecule has 1 amide bonds. The maximum absolute atomic E-state index is 12.4. The molecule has 2 aromatic rings. The zero-order chi connectivity index (χ0) is 13.5. The largest absolute Gasteiger partial charge is 0.359 e. The number of H-pyrrole nitrogens is 1. The molecule has 4 rings (SSSR count). The van der Waals surface area contributed by atoms with Crippen LogP contribution in [0.4, 0.5) is 5.82 Å². The molecule has 7 heteroatoms. The summed E-state index contributed by atoms with van der Waals surface area (Å²) in [5, 5.41) is 13.2. The first-order chi connectivity index (χ1) is 9.81. The molecule has 2 atom stereocenters. The zero-order valence-electron chi connectivity index (χ0n) is 11.0. The highest BCUT2D eigenvalue weighted by Gasteiger charge is 2.29. The van der Waals surface area contributed by atoms with Crippen molar-refractivity contribution < 1.29 is 4.79 Å². The van der Waals surface area contributed by atoms with E-state index in [-0.39, 0.29) is 18.0 Å². The molecule has 7 nitrogen and oxygen atoms in total. The number of nitrogens with one attached hydrogen (secondary N) is 3. The van der Waals surface area contributed by atoms with Crippen LogP contribution in [-0.2, 0) is 17.8 Å². The van der Waals surface area contributed by atoms with E-state index in [2.05, 4.69) is 30.4 Å². The molecule has 3 N–H and O–H groups in total. The SMILES string of the molecule is O=C(NC1CCn2cncc21)C1CCc2cn[nH]c2N1. The topological polar surface area (TPSA) is 87.6 Å². The van der Waals surface area contributed by atoms with E-state index in [1.54, 1.807) is 0 Å². The molecule has 0 aromatic carbocycles. The standard InChI is InChI=1S/C13H16N6O/c20-13(10-2-1-8-5-15-18-12(8)16-10)17-9-3-4-19-7-14-6-11(9)19/h5-7,9-10H,1-4H2,(H,17,20)(H2,15,16,18). The van der Waals surface area contributed by atoms with Gasteiger partial charge in [-0.3, -0.25) is 9.89 Å². The Bertz CT molecular complexity index is 645. The van der Waals surface area contributed by atoms with E-state index < -0.39 is 0 Å². The number of anilines is 1. The second-order valence-electron chi connectivity index (χ2n) is 5.37. The fraction of sp³-hybridized carbons (Fsp3) is 0.462. The van der Waals surface area contributed by atoms with E-state index in [0.29, 0.717) is 0 Å². The van der Waals surface area contributed by atoms with Gasteiger partial charge < -0.3 is 15.2 Å². The number of rotatable bonds is 2. The van der Waals surface area contributed by atoms with Gasteiger partial charge in [0.2, 0.25) is 5.91 Å². The molecule has 0 saturated heterocycles. The van der Waals surface area contributed by atoms with Gasteiger partial charge in [0, 0.05) is 12.1 Å². The van der Waals surface area contributed by atoms with Gasteiger partial charge in [0.15, 0.2) is 0 Å². The number of fused-ring (bicyclic) bond motifs is 2. The highest BCUT2D eigenvalue weighted by Crippen LogP contribution is 2.26. The number of amides is 1. The third kappa shape index (κ3) is 1.77. The Morgan fingerprint density at radius 3 is 3.30 bits per heavy atom. The molecule has 2 aliphatic rings. The second kappa shape index (κ2) is 4.36. The summed E-state index contributed by atoms with van der Waals surface area (Å²) < 4.78 is 2.09. The van der Waals surface area contributed by atoms with Crippen LogP contribution < -0.4 is 10.6 Å². The number of imidazole rings is 1. The zero-order valence-corrected chi connectivity index (χ0v) is 11.0. The van der Waals surface area contributed by atoms with Crippen molar-refractivity contribution in [3.63, 3.8) is 0 Å². The van der Waals surface area contributed by atoms with Gasteiger partial charge in [-0.1, -0.05) is 0 Å². The van der Waals surface area contributed by atoms with Crippen LogP contribution in [-0.4, -0.2) is 31.7 Å². The number of carbonyl (C=O) groups is 1. The third-order valence-corrected chi connectivity index (χ3v) is 4.13. The normalized spacial score (nSPS) is 23.8. The average molecular weight is 272 g/mol. The molecule has 2 aliphatic heterocycles. The fourth-order valence-corrected chi connectivity index (χ4v) is 3.01. The van der Waals surface area contributed by atoms with Crippen LogP contribution in [0.25, 0.3) is 0 Å². The van der Waals surface area contributed by atoms with E-state index >= 15 is 0 Å². The summed E-state index contributed by atoms with van der Waals surface area (Å²) in [6.07, 6.45) is 8.07. The smallest absolute Gasteiger partial charge is 0.243 e. The number of aryl methyl sites for hydroxylation is 2. The van der Waals surface area contributed by atoms with Gasteiger partial charge >= 0.3 is 0 Å². The molecule has 0 spiro atoms. The minimum Gasteiger partial charge on any atom is -0.359 e. The van der Waals surface area contributed by atoms with Gasteiger partial charge in [0.25, 0.3) is 0 Å². The van der Waals surface area contributed by atoms with Gasteiger partial charge in [-0.05, 0) is 19.3 Å². The molecule has 104 valence electrons. The number of aromatic nitrogens is 4. The number of nitrogens with zero attached hydrogens (tertiary/aromatic N) is 3. The molecule has 0 bridgehead atoms. The maximum atomic E-state index is 12.4. The maximum Gasteiger partial charge on any atom is 0.243 e. The van der Waals surface area contributed by atoms with Gasteiger partial charge in [0.05, 0.1) is 30.5 Å². The first-order valence-electron chi connectivity index (χ1n) is 6.90. The molecule has 2 unspecified atom stereocenters. The lowest BCUT2D eigenvalue weighted by Crippen LogP contribution is -2.42. The Morgan fingerprint density at radius 2 is 2.35 bits per heavy atom. The summed E-state index contributed by atoms with van der Waals surface area (Å²) in [5.41, 5.74) is 2.24. The third-order valence-electron chi connectivity index (χ3n) is 4.13. The first kappa shape index (κ1) is 11.5. The lowest BCUT2D eigenvalue weighted by molar-refractivity contribution is -0.122. The van der Waals surface area contributed by atoms with Gasteiger partial charge in [-0.15, -0.1) is 0 Å². The number of aromatic amines is 1. The van der Waals surface area contributed by atoms with Crippen molar-refractivity contribution in [1.82, 2.24) is 25.1 Å². The predicted molar refractivity (Wildman–Crippen MR) is 72.0 cm³/mol. The van der Waals surface area contributed by atoms with Crippen molar-refractivity contribution >= 4 is 11.7 Å². The fourth-order valence-electron chi connectivity index (χ4n) is 3.01. The molecule has 0 saturated carbocycles. The molecule has 2 aromatic heterocycles. The average Bonchev–Trinajstić information content (AvgIpc) is 3.14. The van der Waals surface area contributed by atoms with Crippen LogP contribution in [0.1, 0.15) is 30.1 Å². The summed E-state index contributed by atoms with van der Waals surface area (Å²) in [6, 6.07) is -0.116. The molecular weight excluding hydrogens is 256 g/mol. The van der Waals surface area contributed by atoms with E-state index in [1.165, 1.54) is 0 Å². The Kier molecular flexibility index (Phi) is 2.51. The minimum atomic E-state index is -0.195. The lowest BCUT2D eigenvalue weighted by atomic mass is 10.0. The number of hydrogen-bond donors (Lipinski definition) is 3. The quantitative estimate of drug-likeness (QED) is 0.747. The minimum absolute atomic E-state index is 0.0462. The van der Waals surface area contributed by atoms with Crippen LogP contribution in [0, 0.1) is 0 Å². The Hall–Kier alpha value is -2.31. The van der Waals surface area contributed by atoms with Crippen LogP contribution >= 0.6 is 0 Å². The molecular formula is C13H16N6O. The van der Waals surface area contributed by atoms with E-state index in [0.717, 1.165) is 42.9 Å². The first-order valence-corrected chi connectivity index (χ1v) is 6.90. The molecule has 20 heavy (non-hydrogen) atoms. The van der Waals surface area contributed by atoms with Crippen molar-refractivity contribution in [2.24, 2.45) is 0 Å². The van der Waals surface area contributed by atoms with Gasteiger partial charge in [0.1, 0.15) is 11.9 Å². The highest BCUT2D eigenvalue weighted by atomic mass is 16.2. The van der Waals surface area contributed by atoms with Crippen LogP contribution in [0.5, 0.6) is 0 Å². The predicted octanol–water partition coefficient (Wildman–Crippen LogP) is 0.594. The molecule has 0 fully saturated rings. The van der Waals surface area contributed by atoms with E-state index in [1.807, 2.05) is 18.7 Å². The summed E-state index contributed by atoms with van der Waals surface area (Å²) in [4.78, 5) is 16.5. The summed E-state index contributed by atoms with van der Waals surface area (Å²) in [5.74, 6) is 0.915. The van der Waals surface area contributed by atoms with Gasteiger partial charge in [-0.2, -0.15) is 5.10 Å². The molecule has 0 radical (unpaired) electrons.